The first-order valence-electron chi connectivity index (χ1n) is 3.55. The Morgan fingerprint density at radius 1 is 1.00 bits per heavy atom. The smallest absolute Gasteiger partial charge is 0.0287 e. The molecule has 0 rings (SSSR count). The van der Waals surface area contributed by atoms with E-state index in [4.69, 9.17) is 0 Å². The van der Waals surface area contributed by atoms with E-state index in [1.54, 1.807) is 8.58 Å². The lowest BCUT2D eigenvalue weighted by atomic mass is 10.4. The van der Waals surface area contributed by atoms with Crippen molar-refractivity contribution in [2.24, 2.45) is 0 Å². The fraction of sp³-hybridized carbons (Fsp3) is 1.00. The van der Waals surface area contributed by atoms with E-state index in [2.05, 4.69) is 13.8 Å². The van der Waals surface area contributed by atoms with Crippen molar-refractivity contribution >= 4 is 8.58 Å². The van der Waals surface area contributed by atoms with Gasteiger partial charge in [0.05, 0.1) is 0 Å². The Kier molecular flexibility index (Phi) is 7.83. The van der Waals surface area contributed by atoms with Gasteiger partial charge in [-0.05, 0) is 18.7 Å². The second kappa shape index (κ2) is 7.43. The topological polar surface area (TPSA) is 0 Å². The van der Waals surface area contributed by atoms with Gasteiger partial charge in [0.2, 0.25) is 0 Å². The summed E-state index contributed by atoms with van der Waals surface area (Å²) in [5.74, 6) is 0. The fourth-order valence-corrected chi connectivity index (χ4v) is 1.62. The molecule has 0 fully saturated rings. The molecule has 0 amide bonds. The van der Waals surface area contributed by atoms with Crippen molar-refractivity contribution in [3.05, 3.63) is 0 Å². The molecule has 0 aliphatic rings. The highest BCUT2D eigenvalue weighted by Crippen LogP contribution is 2.12. The van der Waals surface area contributed by atoms with E-state index >= 15 is 0 Å². The van der Waals surface area contributed by atoms with Crippen molar-refractivity contribution < 1.29 is 0 Å². The van der Waals surface area contributed by atoms with Crippen LogP contribution in [0.25, 0.3) is 0 Å². The summed E-state index contributed by atoms with van der Waals surface area (Å²) in [5, 5.41) is 0. The third-order valence-corrected chi connectivity index (χ3v) is 2.45. The zero-order valence-electron chi connectivity index (χ0n) is 5.98. The van der Waals surface area contributed by atoms with Crippen molar-refractivity contribution in [3.63, 3.8) is 0 Å². The number of unbranched alkanes of at least 4 members (excludes halogenated alkanes) is 1. The molecule has 0 aliphatic heterocycles. The summed E-state index contributed by atoms with van der Waals surface area (Å²) in [5.41, 5.74) is 0. The molecule has 0 N–H and O–H groups in total. The molecule has 0 aromatic heterocycles. The van der Waals surface area contributed by atoms with E-state index in [1.807, 2.05) is 0 Å². The van der Waals surface area contributed by atoms with Crippen molar-refractivity contribution in [3.8, 4) is 0 Å². The van der Waals surface area contributed by atoms with Crippen LogP contribution in [-0.4, -0.2) is 12.3 Å². The Labute approximate surface area is 54.8 Å². The van der Waals surface area contributed by atoms with Crippen LogP contribution in [0.15, 0.2) is 0 Å². The monoisotopic (exact) mass is 131 g/mol. The number of rotatable bonds is 5. The maximum atomic E-state index is 2.25. The highest BCUT2D eigenvalue weighted by Gasteiger charge is 1.83. The first-order valence-corrected chi connectivity index (χ1v) is 4.81. The van der Waals surface area contributed by atoms with Crippen LogP contribution >= 0.6 is 8.58 Å². The van der Waals surface area contributed by atoms with E-state index in [-0.39, 0.29) is 0 Å². The van der Waals surface area contributed by atoms with Crippen molar-refractivity contribution in [1.82, 2.24) is 0 Å². The van der Waals surface area contributed by atoms with Gasteiger partial charge in [0.15, 0.2) is 0 Å². The third-order valence-electron chi connectivity index (χ3n) is 1.05. The number of hydrogen-bond acceptors (Lipinski definition) is 0. The molecule has 0 aliphatic carbocycles. The highest BCUT2D eigenvalue weighted by molar-refractivity contribution is 7.37. The SMILES string of the molecule is CCCC[P]CCC. The molecule has 0 saturated heterocycles. The Hall–Kier alpha value is 0.430. The van der Waals surface area contributed by atoms with Gasteiger partial charge in [-0.15, -0.1) is 0 Å². The Morgan fingerprint density at radius 2 is 1.75 bits per heavy atom. The molecule has 1 heteroatoms. The Morgan fingerprint density at radius 3 is 2.25 bits per heavy atom. The molecule has 1 radical (unpaired) electrons. The molecular weight excluding hydrogens is 115 g/mol. The predicted molar refractivity (Wildman–Crippen MR) is 41.9 cm³/mol. The van der Waals surface area contributed by atoms with Crippen LogP contribution < -0.4 is 0 Å². The third kappa shape index (κ3) is 6.43. The van der Waals surface area contributed by atoms with Gasteiger partial charge in [0.25, 0.3) is 0 Å². The summed E-state index contributed by atoms with van der Waals surface area (Å²) in [6.45, 7) is 4.50. The lowest BCUT2D eigenvalue weighted by molar-refractivity contribution is 0.892. The van der Waals surface area contributed by atoms with Crippen LogP contribution in [0.2, 0.25) is 0 Å². The van der Waals surface area contributed by atoms with Crippen LogP contribution in [0.4, 0.5) is 0 Å². The normalized spacial score (nSPS) is 11.2. The first-order chi connectivity index (χ1) is 3.91. The number of hydrogen-bond donors (Lipinski definition) is 0. The molecule has 0 heterocycles. The van der Waals surface area contributed by atoms with Gasteiger partial charge in [0.1, 0.15) is 0 Å². The average Bonchev–Trinajstić information content (AvgIpc) is 1.81. The van der Waals surface area contributed by atoms with Gasteiger partial charge >= 0.3 is 0 Å². The quantitative estimate of drug-likeness (QED) is 0.397. The standard InChI is InChI=1S/C7H16P/c1-3-5-7-8-6-4-2/h3-7H2,1-2H3. The molecule has 49 valence electrons. The summed E-state index contributed by atoms with van der Waals surface area (Å²) in [6.07, 6.45) is 6.95. The molecule has 0 aromatic rings. The van der Waals surface area contributed by atoms with Gasteiger partial charge in [-0.2, -0.15) is 0 Å². The zero-order chi connectivity index (χ0) is 6.24. The van der Waals surface area contributed by atoms with Gasteiger partial charge in [-0.1, -0.05) is 35.3 Å². The highest BCUT2D eigenvalue weighted by atomic mass is 31.1. The minimum atomic E-state index is 1.35. The van der Waals surface area contributed by atoms with Gasteiger partial charge in [-0.25, -0.2) is 0 Å². The van der Waals surface area contributed by atoms with E-state index in [0.29, 0.717) is 0 Å². The largest absolute Gasteiger partial charge is 0.0810 e. The van der Waals surface area contributed by atoms with E-state index in [0.717, 1.165) is 0 Å². The fourth-order valence-electron chi connectivity index (χ4n) is 0.540. The molecule has 0 unspecified atom stereocenters. The minimum absolute atomic E-state index is 1.35. The summed E-state index contributed by atoms with van der Waals surface area (Å²) in [7, 11) is 1.66. The molecule has 0 saturated carbocycles. The van der Waals surface area contributed by atoms with Gasteiger partial charge in [-0.3, -0.25) is 0 Å². The summed E-state index contributed by atoms with van der Waals surface area (Å²) in [4.78, 5) is 0. The molecule has 8 heavy (non-hydrogen) atoms. The van der Waals surface area contributed by atoms with Gasteiger partial charge < -0.3 is 0 Å². The zero-order valence-corrected chi connectivity index (χ0v) is 6.88. The van der Waals surface area contributed by atoms with Crippen molar-refractivity contribution in [2.75, 3.05) is 12.3 Å². The average molecular weight is 131 g/mol. The van der Waals surface area contributed by atoms with Gasteiger partial charge in [0, 0.05) is 0 Å². The molecular formula is C7H16P. The maximum Gasteiger partial charge on any atom is -0.0287 e. The second-order valence-corrected chi connectivity index (χ2v) is 3.37. The Balaban J connectivity index is 2.53. The molecule has 0 atom stereocenters. The summed E-state index contributed by atoms with van der Waals surface area (Å²) in [6, 6.07) is 0. The summed E-state index contributed by atoms with van der Waals surface area (Å²) < 4.78 is 0. The minimum Gasteiger partial charge on any atom is -0.0810 e. The molecule has 0 spiro atoms. The first kappa shape index (κ1) is 8.43. The maximum absolute atomic E-state index is 2.25. The van der Waals surface area contributed by atoms with Crippen LogP contribution in [0.5, 0.6) is 0 Å². The summed E-state index contributed by atoms with van der Waals surface area (Å²) >= 11 is 0. The molecule has 0 nitrogen and oxygen atoms in total. The second-order valence-electron chi connectivity index (χ2n) is 2.02. The van der Waals surface area contributed by atoms with Crippen molar-refractivity contribution in [2.45, 2.75) is 33.1 Å². The van der Waals surface area contributed by atoms with Crippen LogP contribution in [-0.2, 0) is 0 Å². The van der Waals surface area contributed by atoms with Crippen LogP contribution in [0, 0.1) is 0 Å². The Bertz CT molecular complexity index is 29.4. The predicted octanol–water partition coefficient (Wildman–Crippen LogP) is 3.14. The molecule has 0 aromatic carbocycles. The van der Waals surface area contributed by atoms with Crippen LogP contribution in [0.3, 0.4) is 0 Å². The van der Waals surface area contributed by atoms with Crippen molar-refractivity contribution in [1.29, 1.82) is 0 Å². The van der Waals surface area contributed by atoms with Crippen LogP contribution in [0.1, 0.15) is 33.1 Å². The molecule has 0 bridgehead atoms. The van der Waals surface area contributed by atoms with E-state index in [1.165, 1.54) is 31.6 Å². The lowest BCUT2D eigenvalue weighted by Gasteiger charge is -1.93. The van der Waals surface area contributed by atoms with E-state index < -0.39 is 0 Å². The lowest BCUT2D eigenvalue weighted by Crippen LogP contribution is -1.76. The van der Waals surface area contributed by atoms with E-state index in [9.17, 15) is 0 Å².